The first kappa shape index (κ1) is 12.9. The highest BCUT2D eigenvalue weighted by atomic mass is 16.6. The summed E-state index contributed by atoms with van der Waals surface area (Å²) in [5.41, 5.74) is 1.21. The molecule has 1 unspecified atom stereocenters. The van der Waals surface area contributed by atoms with E-state index in [-0.39, 0.29) is 6.54 Å². The number of ether oxygens (including phenoxy) is 1. The zero-order valence-corrected chi connectivity index (χ0v) is 10.0. The van der Waals surface area contributed by atoms with E-state index in [1.807, 2.05) is 6.92 Å². The van der Waals surface area contributed by atoms with Gasteiger partial charge in [-0.1, -0.05) is 13.0 Å². The molecule has 0 radical (unpaired) electrons. The van der Waals surface area contributed by atoms with Crippen LogP contribution in [-0.2, 0) is 4.65 Å². The minimum atomic E-state index is -1.12. The molecule has 1 aliphatic heterocycles. The van der Waals surface area contributed by atoms with Crippen molar-refractivity contribution in [2.45, 2.75) is 19.4 Å². The van der Waals surface area contributed by atoms with Crippen LogP contribution < -0.4 is 10.2 Å². The van der Waals surface area contributed by atoms with Gasteiger partial charge in [0.15, 0.2) is 0 Å². The van der Waals surface area contributed by atoms with E-state index >= 15 is 0 Å². The van der Waals surface area contributed by atoms with E-state index in [2.05, 4.69) is 0 Å². The molecule has 2 rings (SSSR count). The minimum Gasteiger partial charge on any atom is -0.494 e. The first-order valence-corrected chi connectivity index (χ1v) is 5.83. The summed E-state index contributed by atoms with van der Waals surface area (Å²) in [5.74, 6) is 0.639. The smallest absolute Gasteiger partial charge is 0.492 e. The van der Waals surface area contributed by atoms with E-state index in [1.165, 1.54) is 0 Å². The molecular formula is C11H14BNO5. The molecule has 0 amide bonds. The summed E-state index contributed by atoms with van der Waals surface area (Å²) in [6, 6.07) is 5.13. The molecule has 1 aliphatic rings. The number of nitro groups is 1. The van der Waals surface area contributed by atoms with Gasteiger partial charge in [-0.05, 0) is 29.6 Å². The van der Waals surface area contributed by atoms with E-state index in [0.29, 0.717) is 23.4 Å². The fourth-order valence-electron chi connectivity index (χ4n) is 1.95. The standard InChI is InChI=1S/C11H14BNO5/c1-2-5-17-8-3-4-9-10(6-8)12(14)18-11(9)7-13(15)16/h3-4,6,11,14H,2,5,7H2,1H3. The molecule has 0 fully saturated rings. The second-order valence-corrected chi connectivity index (χ2v) is 4.13. The Morgan fingerprint density at radius 3 is 3.06 bits per heavy atom. The van der Waals surface area contributed by atoms with Gasteiger partial charge in [0.05, 0.1) is 6.61 Å². The summed E-state index contributed by atoms with van der Waals surface area (Å²) in [6.45, 7) is 2.24. The highest BCUT2D eigenvalue weighted by Crippen LogP contribution is 2.26. The number of fused-ring (bicyclic) bond motifs is 1. The minimum absolute atomic E-state index is 0.348. The summed E-state index contributed by atoms with van der Waals surface area (Å²) >= 11 is 0. The monoisotopic (exact) mass is 251 g/mol. The maximum Gasteiger partial charge on any atom is 0.492 e. The van der Waals surface area contributed by atoms with E-state index in [4.69, 9.17) is 9.39 Å². The second-order valence-electron chi connectivity index (χ2n) is 4.13. The average molecular weight is 251 g/mol. The van der Waals surface area contributed by atoms with Gasteiger partial charge in [0.2, 0.25) is 6.54 Å². The van der Waals surface area contributed by atoms with Crippen LogP contribution in [0.15, 0.2) is 18.2 Å². The van der Waals surface area contributed by atoms with E-state index < -0.39 is 18.1 Å². The zero-order chi connectivity index (χ0) is 13.1. The quantitative estimate of drug-likeness (QED) is 0.468. The molecule has 6 nitrogen and oxygen atoms in total. The molecule has 0 saturated heterocycles. The first-order valence-electron chi connectivity index (χ1n) is 5.83. The maximum atomic E-state index is 10.5. The van der Waals surface area contributed by atoms with Crippen molar-refractivity contribution >= 4 is 12.6 Å². The van der Waals surface area contributed by atoms with Gasteiger partial charge >= 0.3 is 7.12 Å². The second kappa shape index (κ2) is 5.37. The van der Waals surface area contributed by atoms with Crippen molar-refractivity contribution in [3.05, 3.63) is 33.9 Å². The average Bonchev–Trinajstić information content (AvgIpc) is 2.63. The topological polar surface area (TPSA) is 81.8 Å². The fraction of sp³-hybridized carbons (Fsp3) is 0.455. The Morgan fingerprint density at radius 2 is 2.39 bits per heavy atom. The van der Waals surface area contributed by atoms with Crippen LogP contribution in [0.25, 0.3) is 0 Å². The number of hydrogen-bond donors (Lipinski definition) is 1. The third kappa shape index (κ3) is 2.62. The van der Waals surface area contributed by atoms with Gasteiger partial charge in [-0.15, -0.1) is 0 Å². The van der Waals surface area contributed by atoms with Gasteiger partial charge < -0.3 is 14.4 Å². The van der Waals surface area contributed by atoms with Crippen LogP contribution in [0.3, 0.4) is 0 Å². The van der Waals surface area contributed by atoms with Crippen molar-refractivity contribution in [2.75, 3.05) is 13.2 Å². The molecule has 18 heavy (non-hydrogen) atoms. The largest absolute Gasteiger partial charge is 0.494 e. The van der Waals surface area contributed by atoms with Gasteiger partial charge in [-0.3, -0.25) is 10.1 Å². The van der Waals surface area contributed by atoms with Crippen molar-refractivity contribution in [1.82, 2.24) is 0 Å². The van der Waals surface area contributed by atoms with Crippen molar-refractivity contribution < 1.29 is 19.3 Å². The molecule has 0 aliphatic carbocycles. The molecule has 1 N–H and O–H groups in total. The van der Waals surface area contributed by atoms with E-state index in [9.17, 15) is 15.1 Å². The maximum absolute atomic E-state index is 10.5. The lowest BCUT2D eigenvalue weighted by molar-refractivity contribution is -0.490. The highest BCUT2D eigenvalue weighted by Gasteiger charge is 2.37. The molecule has 1 atom stereocenters. The lowest BCUT2D eigenvalue weighted by Gasteiger charge is -2.08. The lowest BCUT2D eigenvalue weighted by atomic mass is 9.79. The Bertz CT molecular complexity index is 453. The first-order chi connectivity index (χ1) is 8.61. The molecule has 0 bridgehead atoms. The van der Waals surface area contributed by atoms with Crippen LogP contribution in [0.1, 0.15) is 25.0 Å². The molecule has 1 aromatic carbocycles. The third-order valence-electron chi connectivity index (χ3n) is 2.75. The number of rotatable bonds is 5. The molecule has 0 saturated carbocycles. The highest BCUT2D eigenvalue weighted by molar-refractivity contribution is 6.61. The lowest BCUT2D eigenvalue weighted by Crippen LogP contribution is -2.28. The van der Waals surface area contributed by atoms with Gasteiger partial charge in [-0.2, -0.15) is 0 Å². The molecule has 7 heteroatoms. The Balaban J connectivity index is 2.19. The molecule has 0 aromatic heterocycles. The van der Waals surface area contributed by atoms with Crippen LogP contribution in [-0.4, -0.2) is 30.2 Å². The van der Waals surface area contributed by atoms with Crippen LogP contribution in [0.4, 0.5) is 0 Å². The molecule has 1 aromatic rings. The normalized spacial score (nSPS) is 17.7. The Kier molecular flexibility index (Phi) is 3.83. The van der Waals surface area contributed by atoms with Crippen LogP contribution >= 0.6 is 0 Å². The third-order valence-corrected chi connectivity index (χ3v) is 2.75. The van der Waals surface area contributed by atoms with Crippen LogP contribution in [0.2, 0.25) is 0 Å². The Labute approximate surface area is 105 Å². The van der Waals surface area contributed by atoms with Gasteiger partial charge in [0.25, 0.3) is 0 Å². The van der Waals surface area contributed by atoms with Crippen molar-refractivity contribution in [3.8, 4) is 5.75 Å². The summed E-state index contributed by atoms with van der Waals surface area (Å²) in [4.78, 5) is 10.0. The van der Waals surface area contributed by atoms with Gasteiger partial charge in [0, 0.05) is 4.92 Å². The predicted molar refractivity (Wildman–Crippen MR) is 65.5 cm³/mol. The summed E-state index contributed by atoms with van der Waals surface area (Å²) in [7, 11) is -1.12. The summed E-state index contributed by atoms with van der Waals surface area (Å²) in [5, 5.41) is 20.2. The number of benzene rings is 1. The molecule has 96 valence electrons. The fourth-order valence-corrected chi connectivity index (χ4v) is 1.95. The van der Waals surface area contributed by atoms with Crippen molar-refractivity contribution in [1.29, 1.82) is 0 Å². The Hall–Kier alpha value is -1.60. The van der Waals surface area contributed by atoms with Crippen molar-refractivity contribution in [3.63, 3.8) is 0 Å². The van der Waals surface area contributed by atoms with Gasteiger partial charge in [-0.25, -0.2) is 0 Å². The SMILES string of the molecule is CCCOc1ccc2c(c1)B(O)OC2C[N+](=O)[O-]. The van der Waals surface area contributed by atoms with Crippen LogP contribution in [0.5, 0.6) is 5.75 Å². The molecular weight excluding hydrogens is 237 g/mol. The summed E-state index contributed by atoms with van der Waals surface area (Å²) in [6.07, 6.45) is 0.199. The number of nitrogens with zero attached hydrogens (tertiary/aromatic N) is 1. The molecule has 1 heterocycles. The van der Waals surface area contributed by atoms with E-state index in [1.54, 1.807) is 18.2 Å². The summed E-state index contributed by atoms with van der Waals surface area (Å²) < 4.78 is 10.6. The van der Waals surface area contributed by atoms with Crippen LogP contribution in [0, 0.1) is 10.1 Å². The van der Waals surface area contributed by atoms with E-state index in [0.717, 1.165) is 6.42 Å². The molecule has 0 spiro atoms. The van der Waals surface area contributed by atoms with Gasteiger partial charge in [0.1, 0.15) is 11.9 Å². The predicted octanol–water partition coefficient (Wildman–Crippen LogP) is 0.511. The number of hydrogen-bond acceptors (Lipinski definition) is 5. The van der Waals surface area contributed by atoms with Crippen molar-refractivity contribution in [2.24, 2.45) is 0 Å². The zero-order valence-electron chi connectivity index (χ0n) is 10.0. The Morgan fingerprint density at radius 1 is 1.61 bits per heavy atom.